The van der Waals surface area contributed by atoms with Crippen molar-refractivity contribution < 1.29 is 0 Å². The fourth-order valence-corrected chi connectivity index (χ4v) is 3.12. The summed E-state index contributed by atoms with van der Waals surface area (Å²) in [6.45, 7) is 4.16. The summed E-state index contributed by atoms with van der Waals surface area (Å²) in [5, 5.41) is 4.41. The first-order chi connectivity index (χ1) is 8.86. The second kappa shape index (κ2) is 4.79. The van der Waals surface area contributed by atoms with Gasteiger partial charge in [-0.3, -0.25) is 0 Å². The summed E-state index contributed by atoms with van der Waals surface area (Å²) < 4.78 is 0. The van der Waals surface area contributed by atoms with Gasteiger partial charge < -0.3 is 0 Å². The van der Waals surface area contributed by atoms with Gasteiger partial charge in [-0.05, 0) is 39.4 Å². The molecule has 1 aromatic carbocycles. The number of allylic oxidation sites excluding steroid dienone is 5. The fraction of sp³-hybridized carbons (Fsp3) is 0.0588. The molecule has 0 radical (unpaired) electrons. The molecule has 1 aromatic heterocycles. The van der Waals surface area contributed by atoms with Gasteiger partial charge in [0.2, 0.25) is 0 Å². The molecule has 1 heteroatoms. The standard InChI is InChI=1S/C17H14S/c1-13-7-3-2-4-8-14-9-5-6-10-15(14)17-12-18-11-16(13)17/h2-7,9-12H,1,8H2/b4-2-,7-3-. The molecule has 0 spiro atoms. The van der Waals surface area contributed by atoms with Gasteiger partial charge in [0.1, 0.15) is 0 Å². The maximum Gasteiger partial charge on any atom is 0.000451 e. The van der Waals surface area contributed by atoms with E-state index in [4.69, 9.17) is 0 Å². The smallest absolute Gasteiger partial charge is 0.000451 e. The first kappa shape index (κ1) is 11.2. The lowest BCUT2D eigenvalue weighted by atomic mass is 9.93. The van der Waals surface area contributed by atoms with Crippen molar-refractivity contribution in [1.82, 2.24) is 0 Å². The summed E-state index contributed by atoms with van der Waals surface area (Å²) in [6.07, 6.45) is 9.41. The Kier molecular flexibility index (Phi) is 2.99. The van der Waals surface area contributed by atoms with Crippen molar-refractivity contribution in [2.24, 2.45) is 0 Å². The topological polar surface area (TPSA) is 0 Å². The van der Waals surface area contributed by atoms with Gasteiger partial charge in [0.15, 0.2) is 0 Å². The molecule has 1 heterocycles. The highest BCUT2D eigenvalue weighted by molar-refractivity contribution is 7.08. The van der Waals surface area contributed by atoms with Gasteiger partial charge in [0.05, 0.1) is 0 Å². The molecule has 0 fully saturated rings. The van der Waals surface area contributed by atoms with Gasteiger partial charge in [-0.25, -0.2) is 0 Å². The highest BCUT2D eigenvalue weighted by Gasteiger charge is 2.11. The van der Waals surface area contributed by atoms with E-state index in [9.17, 15) is 0 Å². The summed E-state index contributed by atoms with van der Waals surface area (Å²) in [6, 6.07) is 8.62. The third-order valence-electron chi connectivity index (χ3n) is 3.20. The fourth-order valence-electron chi connectivity index (χ4n) is 2.25. The number of benzene rings is 1. The van der Waals surface area contributed by atoms with Crippen LogP contribution in [0.25, 0.3) is 16.7 Å². The van der Waals surface area contributed by atoms with E-state index in [1.807, 2.05) is 0 Å². The maximum absolute atomic E-state index is 4.16. The number of rotatable bonds is 0. The zero-order valence-electron chi connectivity index (χ0n) is 10.1. The molecular weight excluding hydrogens is 236 g/mol. The van der Waals surface area contributed by atoms with Crippen LogP contribution in [-0.2, 0) is 6.42 Å². The highest BCUT2D eigenvalue weighted by atomic mass is 32.1. The zero-order chi connectivity index (χ0) is 12.4. The van der Waals surface area contributed by atoms with Crippen molar-refractivity contribution in [3.05, 3.63) is 77.0 Å². The largest absolute Gasteiger partial charge is 0.151 e. The van der Waals surface area contributed by atoms with E-state index in [1.54, 1.807) is 11.3 Å². The molecule has 88 valence electrons. The van der Waals surface area contributed by atoms with Crippen LogP contribution in [0.3, 0.4) is 0 Å². The van der Waals surface area contributed by atoms with E-state index in [-0.39, 0.29) is 0 Å². The van der Waals surface area contributed by atoms with Crippen LogP contribution in [0.4, 0.5) is 0 Å². The van der Waals surface area contributed by atoms with Gasteiger partial charge in [0, 0.05) is 5.56 Å². The summed E-state index contributed by atoms with van der Waals surface area (Å²) in [4.78, 5) is 0. The molecule has 0 nitrogen and oxygen atoms in total. The summed E-state index contributed by atoms with van der Waals surface area (Å²) in [7, 11) is 0. The summed E-state index contributed by atoms with van der Waals surface area (Å²) in [5.74, 6) is 0. The second-order valence-corrected chi connectivity index (χ2v) is 5.12. The average Bonchev–Trinajstić information content (AvgIpc) is 2.87. The lowest BCUT2D eigenvalue weighted by molar-refractivity contribution is 1.27. The lowest BCUT2D eigenvalue weighted by Gasteiger charge is -2.10. The molecule has 0 aliphatic heterocycles. The molecule has 18 heavy (non-hydrogen) atoms. The van der Waals surface area contributed by atoms with Gasteiger partial charge in [-0.1, -0.05) is 55.1 Å². The van der Waals surface area contributed by atoms with Crippen LogP contribution in [0.1, 0.15) is 11.1 Å². The van der Waals surface area contributed by atoms with Crippen LogP contribution in [0, 0.1) is 0 Å². The molecule has 1 aliphatic carbocycles. The van der Waals surface area contributed by atoms with E-state index >= 15 is 0 Å². The first-order valence-electron chi connectivity index (χ1n) is 6.03. The number of hydrogen-bond acceptors (Lipinski definition) is 1. The second-order valence-electron chi connectivity index (χ2n) is 4.37. The molecule has 2 aromatic rings. The van der Waals surface area contributed by atoms with Crippen LogP contribution >= 0.6 is 11.3 Å². The third-order valence-corrected chi connectivity index (χ3v) is 3.94. The summed E-state index contributed by atoms with van der Waals surface area (Å²) >= 11 is 1.74. The van der Waals surface area contributed by atoms with Crippen LogP contribution in [0.5, 0.6) is 0 Å². The Balaban J connectivity index is 2.25. The van der Waals surface area contributed by atoms with Gasteiger partial charge in [-0.15, -0.1) is 0 Å². The lowest BCUT2D eigenvalue weighted by Crippen LogP contribution is -1.90. The average molecular weight is 250 g/mol. The minimum absolute atomic E-state index is 0.974. The monoisotopic (exact) mass is 250 g/mol. The van der Waals surface area contributed by atoms with E-state index in [1.165, 1.54) is 22.3 Å². The van der Waals surface area contributed by atoms with Gasteiger partial charge >= 0.3 is 0 Å². The maximum atomic E-state index is 4.16. The zero-order valence-corrected chi connectivity index (χ0v) is 10.9. The Bertz CT molecular complexity index is 641. The molecule has 0 atom stereocenters. The Labute approximate surface area is 112 Å². The van der Waals surface area contributed by atoms with E-state index in [0.717, 1.165) is 12.0 Å². The minimum atomic E-state index is 0.974. The van der Waals surface area contributed by atoms with Crippen LogP contribution < -0.4 is 0 Å². The van der Waals surface area contributed by atoms with Crippen LogP contribution in [0.2, 0.25) is 0 Å². The van der Waals surface area contributed by atoms with Crippen molar-refractivity contribution in [2.75, 3.05) is 0 Å². The molecular formula is C17H14S. The third kappa shape index (κ3) is 1.98. The molecule has 0 amide bonds. The molecule has 3 rings (SSSR count). The van der Waals surface area contributed by atoms with Crippen molar-refractivity contribution in [1.29, 1.82) is 0 Å². The normalized spacial score (nSPS) is 17.7. The molecule has 0 bridgehead atoms. The van der Waals surface area contributed by atoms with Crippen molar-refractivity contribution in [3.8, 4) is 11.1 Å². The summed E-state index contributed by atoms with van der Waals surface area (Å²) in [5.41, 5.74) is 6.33. The first-order valence-corrected chi connectivity index (χ1v) is 6.97. The Morgan fingerprint density at radius 3 is 2.72 bits per heavy atom. The molecule has 0 saturated heterocycles. The van der Waals surface area contributed by atoms with E-state index in [0.29, 0.717) is 0 Å². The van der Waals surface area contributed by atoms with Crippen LogP contribution in [0.15, 0.2) is 65.9 Å². The molecule has 0 unspecified atom stereocenters. The Morgan fingerprint density at radius 1 is 0.944 bits per heavy atom. The van der Waals surface area contributed by atoms with Crippen molar-refractivity contribution in [2.45, 2.75) is 6.42 Å². The molecule has 0 N–H and O–H groups in total. The molecule has 0 saturated carbocycles. The highest BCUT2D eigenvalue weighted by Crippen LogP contribution is 2.34. The van der Waals surface area contributed by atoms with Gasteiger partial charge in [-0.2, -0.15) is 11.3 Å². The van der Waals surface area contributed by atoms with Crippen molar-refractivity contribution in [3.63, 3.8) is 0 Å². The SMILES string of the molecule is C=C1/C=C\C=C/Cc2ccccc2-c2cscc21. The Hall–Kier alpha value is -1.86. The number of thiophene rings is 1. The number of hydrogen-bond donors (Lipinski definition) is 0. The predicted molar refractivity (Wildman–Crippen MR) is 80.8 cm³/mol. The predicted octanol–water partition coefficient (Wildman–Crippen LogP) is 5.10. The van der Waals surface area contributed by atoms with Gasteiger partial charge in [0.25, 0.3) is 0 Å². The van der Waals surface area contributed by atoms with E-state index in [2.05, 4.69) is 65.9 Å². The van der Waals surface area contributed by atoms with Crippen molar-refractivity contribution >= 4 is 16.9 Å². The Morgan fingerprint density at radius 2 is 1.78 bits per heavy atom. The minimum Gasteiger partial charge on any atom is -0.151 e. The quantitative estimate of drug-likeness (QED) is 0.610. The van der Waals surface area contributed by atoms with E-state index < -0.39 is 0 Å². The molecule has 1 aliphatic rings. The van der Waals surface area contributed by atoms with Crippen LogP contribution in [-0.4, -0.2) is 0 Å². The number of fused-ring (bicyclic) bond motifs is 3.